The third kappa shape index (κ3) is 5.86. The summed E-state index contributed by atoms with van der Waals surface area (Å²) < 4.78 is 0. The second-order valence-corrected chi connectivity index (χ2v) is 4.64. The minimum atomic E-state index is -0.518. The second kappa shape index (κ2) is 8.47. The molecule has 0 fully saturated rings. The zero-order valence-corrected chi connectivity index (χ0v) is 12.0. The van der Waals surface area contributed by atoms with E-state index in [1.807, 2.05) is 6.07 Å². The molecule has 21 heavy (non-hydrogen) atoms. The molecule has 2 aromatic rings. The van der Waals surface area contributed by atoms with Crippen LogP contribution in [0.3, 0.4) is 0 Å². The van der Waals surface area contributed by atoms with E-state index in [2.05, 4.69) is 43.4 Å². The number of nitro groups is 1. The molecule has 0 aliphatic rings. The van der Waals surface area contributed by atoms with Gasteiger partial charge in [-0.1, -0.05) is 50.2 Å². The predicted molar refractivity (Wildman–Crippen MR) is 83.3 cm³/mol. The highest BCUT2D eigenvalue weighted by Crippen LogP contribution is 2.16. The van der Waals surface area contributed by atoms with E-state index in [0.717, 1.165) is 0 Å². The number of hydrogen-bond acceptors (Lipinski definition) is 3. The van der Waals surface area contributed by atoms with Crippen LogP contribution in [0.4, 0.5) is 11.4 Å². The van der Waals surface area contributed by atoms with Crippen LogP contribution in [0.2, 0.25) is 0 Å². The van der Waals surface area contributed by atoms with Crippen LogP contribution in [0.25, 0.3) is 0 Å². The lowest BCUT2D eigenvalue weighted by atomic mass is 10.0. The van der Waals surface area contributed by atoms with Crippen molar-refractivity contribution in [2.45, 2.75) is 19.8 Å². The maximum absolute atomic E-state index is 10.2. The van der Waals surface area contributed by atoms with E-state index in [1.54, 1.807) is 6.07 Å². The van der Waals surface area contributed by atoms with E-state index in [4.69, 9.17) is 0 Å². The van der Waals surface area contributed by atoms with Crippen LogP contribution >= 0.6 is 0 Å². The molecule has 0 atom stereocenters. The van der Waals surface area contributed by atoms with Gasteiger partial charge in [0.05, 0.1) is 4.92 Å². The van der Waals surface area contributed by atoms with Crippen molar-refractivity contribution in [2.24, 2.45) is 0 Å². The smallest absolute Gasteiger partial charge is 0.271 e. The molecule has 0 aliphatic carbocycles. The molecule has 110 valence electrons. The van der Waals surface area contributed by atoms with Gasteiger partial charge < -0.3 is 5.32 Å². The van der Waals surface area contributed by atoms with Crippen molar-refractivity contribution >= 4 is 17.8 Å². The van der Waals surface area contributed by atoms with E-state index in [9.17, 15) is 14.9 Å². The van der Waals surface area contributed by atoms with Gasteiger partial charge in [-0.25, -0.2) is 0 Å². The molecular weight excluding hydrogens is 268 g/mol. The average molecular weight is 286 g/mol. The van der Waals surface area contributed by atoms with Gasteiger partial charge in [0, 0.05) is 17.8 Å². The number of nitrogens with zero attached hydrogens (tertiary/aromatic N) is 1. The largest absolute Gasteiger partial charge is 0.328 e. The average Bonchev–Trinajstić information content (AvgIpc) is 2.49. The van der Waals surface area contributed by atoms with Crippen molar-refractivity contribution < 1.29 is 9.72 Å². The zero-order valence-electron chi connectivity index (χ0n) is 12.0. The Morgan fingerprint density at radius 1 is 1.10 bits per heavy atom. The molecule has 1 amide bonds. The first-order chi connectivity index (χ1) is 10.0. The summed E-state index contributed by atoms with van der Waals surface area (Å²) in [6, 6.07) is 16.2. The van der Waals surface area contributed by atoms with E-state index < -0.39 is 4.92 Å². The summed E-state index contributed by atoms with van der Waals surface area (Å²) in [6.07, 6.45) is 0.471. The molecule has 0 aromatic heterocycles. The van der Waals surface area contributed by atoms with Crippen LogP contribution in [0, 0.1) is 10.1 Å². The van der Waals surface area contributed by atoms with Gasteiger partial charge in [0.2, 0.25) is 6.41 Å². The van der Waals surface area contributed by atoms with Gasteiger partial charge in [0.15, 0.2) is 0 Å². The minimum Gasteiger partial charge on any atom is -0.328 e. The Labute approximate surface area is 123 Å². The monoisotopic (exact) mass is 286 g/mol. The number of non-ortho nitro benzene ring substituents is 1. The van der Waals surface area contributed by atoms with Crippen LogP contribution in [0.1, 0.15) is 25.3 Å². The molecule has 0 radical (unpaired) electrons. The summed E-state index contributed by atoms with van der Waals surface area (Å²) in [4.78, 5) is 19.7. The lowest BCUT2D eigenvalue weighted by molar-refractivity contribution is -0.384. The van der Waals surface area contributed by atoms with Gasteiger partial charge in [-0.15, -0.1) is 0 Å². The Morgan fingerprint density at radius 2 is 1.76 bits per heavy atom. The third-order valence-electron chi connectivity index (χ3n) is 2.75. The van der Waals surface area contributed by atoms with E-state index in [1.165, 1.54) is 23.8 Å². The molecule has 0 aliphatic heterocycles. The summed E-state index contributed by atoms with van der Waals surface area (Å²) in [7, 11) is 0. The topological polar surface area (TPSA) is 72.2 Å². The Hall–Kier alpha value is -2.69. The fourth-order valence-corrected chi connectivity index (χ4v) is 1.62. The highest BCUT2D eigenvalue weighted by Gasteiger charge is 2.03. The summed E-state index contributed by atoms with van der Waals surface area (Å²) in [5.41, 5.74) is 1.79. The normalized spacial score (nSPS) is 9.48. The second-order valence-electron chi connectivity index (χ2n) is 4.64. The Kier molecular flexibility index (Phi) is 6.60. The number of rotatable bonds is 4. The van der Waals surface area contributed by atoms with Gasteiger partial charge in [-0.2, -0.15) is 0 Å². The molecule has 2 aromatic carbocycles. The zero-order chi connectivity index (χ0) is 15.7. The Morgan fingerprint density at radius 3 is 2.24 bits per heavy atom. The maximum Gasteiger partial charge on any atom is 0.271 e. The summed E-state index contributed by atoms with van der Waals surface area (Å²) in [5, 5.41) is 12.6. The SMILES string of the molecule is CC(C)c1ccccc1.O=CNc1cccc([N+](=O)[O-])c1. The number of carbonyl (C=O) groups is 1. The Bertz CT molecular complexity index is 583. The van der Waals surface area contributed by atoms with Crippen LogP contribution < -0.4 is 5.32 Å². The number of nitrogens with one attached hydrogen (secondary N) is 1. The number of anilines is 1. The van der Waals surface area contributed by atoms with Crippen LogP contribution in [-0.4, -0.2) is 11.3 Å². The molecule has 5 nitrogen and oxygen atoms in total. The van der Waals surface area contributed by atoms with E-state index in [-0.39, 0.29) is 5.69 Å². The van der Waals surface area contributed by atoms with Crippen molar-refractivity contribution in [3.63, 3.8) is 0 Å². The fourth-order valence-electron chi connectivity index (χ4n) is 1.62. The maximum atomic E-state index is 10.2. The van der Waals surface area contributed by atoms with Gasteiger partial charge >= 0.3 is 0 Å². The Balaban J connectivity index is 0.000000219. The van der Waals surface area contributed by atoms with E-state index in [0.29, 0.717) is 18.0 Å². The van der Waals surface area contributed by atoms with Gasteiger partial charge in [0.1, 0.15) is 0 Å². The molecular formula is C16H18N2O3. The summed E-state index contributed by atoms with van der Waals surface area (Å²) in [6.45, 7) is 4.41. The molecule has 5 heteroatoms. The first kappa shape index (κ1) is 16.4. The predicted octanol–water partition coefficient (Wildman–Crippen LogP) is 3.97. The number of nitro benzene ring substituents is 1. The van der Waals surface area contributed by atoms with Crippen molar-refractivity contribution in [1.29, 1.82) is 0 Å². The van der Waals surface area contributed by atoms with Crippen LogP contribution in [0.15, 0.2) is 54.6 Å². The molecule has 0 saturated heterocycles. The third-order valence-corrected chi connectivity index (χ3v) is 2.75. The number of amides is 1. The van der Waals surface area contributed by atoms with Gasteiger partial charge in [-0.05, 0) is 17.5 Å². The van der Waals surface area contributed by atoms with Crippen molar-refractivity contribution in [3.05, 3.63) is 70.3 Å². The van der Waals surface area contributed by atoms with Gasteiger partial charge in [0.25, 0.3) is 5.69 Å². The van der Waals surface area contributed by atoms with Crippen LogP contribution in [-0.2, 0) is 4.79 Å². The first-order valence-corrected chi connectivity index (χ1v) is 6.54. The first-order valence-electron chi connectivity index (χ1n) is 6.54. The molecule has 0 bridgehead atoms. The lowest BCUT2D eigenvalue weighted by Gasteiger charge is -2.01. The number of carbonyl (C=O) groups excluding carboxylic acids is 1. The molecule has 1 N–H and O–H groups in total. The van der Waals surface area contributed by atoms with Crippen molar-refractivity contribution in [1.82, 2.24) is 0 Å². The molecule has 0 spiro atoms. The highest BCUT2D eigenvalue weighted by molar-refractivity contribution is 5.72. The number of benzene rings is 2. The number of hydrogen-bond donors (Lipinski definition) is 1. The van der Waals surface area contributed by atoms with E-state index >= 15 is 0 Å². The van der Waals surface area contributed by atoms with Crippen molar-refractivity contribution in [3.8, 4) is 0 Å². The summed E-state index contributed by atoms with van der Waals surface area (Å²) in [5.74, 6) is 0.659. The molecule has 0 unspecified atom stereocenters. The summed E-state index contributed by atoms with van der Waals surface area (Å²) >= 11 is 0. The van der Waals surface area contributed by atoms with Gasteiger partial charge in [-0.3, -0.25) is 14.9 Å². The lowest BCUT2D eigenvalue weighted by Crippen LogP contribution is -1.94. The molecule has 0 saturated carbocycles. The minimum absolute atomic E-state index is 0.0400. The molecule has 0 heterocycles. The van der Waals surface area contributed by atoms with Crippen molar-refractivity contribution in [2.75, 3.05) is 5.32 Å². The molecule has 2 rings (SSSR count). The van der Waals surface area contributed by atoms with Crippen LogP contribution in [0.5, 0.6) is 0 Å². The quantitative estimate of drug-likeness (QED) is 0.525. The highest BCUT2D eigenvalue weighted by atomic mass is 16.6. The fraction of sp³-hybridized carbons (Fsp3) is 0.188. The standard InChI is InChI=1S/C9H12.C7H6N2O3/c1-8(2)9-6-4-3-5-7-9;10-5-8-6-2-1-3-7(4-6)9(11)12/h3-8H,1-2H3;1-5H,(H,8,10).